The second-order valence-electron chi connectivity index (χ2n) is 3.83. The molecule has 0 aliphatic carbocycles. The van der Waals surface area contributed by atoms with E-state index in [1.165, 1.54) is 6.08 Å². The fourth-order valence-corrected chi connectivity index (χ4v) is 2.13. The molecule has 2 rings (SSSR count). The molecule has 0 fully saturated rings. The van der Waals surface area contributed by atoms with Gasteiger partial charge in [-0.3, -0.25) is 4.79 Å². The van der Waals surface area contributed by atoms with E-state index in [0.717, 1.165) is 6.08 Å². The number of benzene rings is 1. The topological polar surface area (TPSA) is 59.3 Å². The number of nitrogens with zero attached hydrogens (tertiary/aromatic N) is 1. The molecule has 1 N–H and O–H groups in total. The molecule has 0 radical (unpaired) electrons. The van der Waals surface area contributed by atoms with E-state index < -0.39 is 5.97 Å². The molecule has 5 heteroatoms. The van der Waals surface area contributed by atoms with Crippen molar-refractivity contribution in [3.8, 4) is 0 Å². The third-order valence-corrected chi connectivity index (χ3v) is 2.89. The molecule has 0 spiro atoms. The molecule has 0 bridgehead atoms. The van der Waals surface area contributed by atoms with Crippen LogP contribution in [0.15, 0.2) is 35.3 Å². The van der Waals surface area contributed by atoms with E-state index in [4.69, 9.17) is 16.7 Å². The van der Waals surface area contributed by atoms with E-state index in [2.05, 4.69) is 0 Å². The zero-order valence-electron chi connectivity index (χ0n) is 9.55. The summed E-state index contributed by atoms with van der Waals surface area (Å²) in [4.78, 5) is 22.6. The van der Waals surface area contributed by atoms with E-state index in [1.807, 2.05) is 0 Å². The zero-order valence-corrected chi connectivity index (χ0v) is 10.3. The van der Waals surface area contributed by atoms with Crippen LogP contribution < -0.4 is 5.43 Å². The Morgan fingerprint density at radius 3 is 2.83 bits per heavy atom. The van der Waals surface area contributed by atoms with Crippen LogP contribution in [-0.4, -0.2) is 15.6 Å². The summed E-state index contributed by atoms with van der Waals surface area (Å²) in [6, 6.07) is 5.06. The van der Waals surface area contributed by atoms with Gasteiger partial charge in [0.25, 0.3) is 0 Å². The molecular weight excluding hydrogens is 254 g/mol. The number of carboxylic acids is 1. The molecular formula is C13H10ClNO3. The lowest BCUT2D eigenvalue weighted by atomic mass is 10.1. The van der Waals surface area contributed by atoms with Crippen molar-refractivity contribution in [2.24, 2.45) is 7.05 Å². The maximum atomic E-state index is 12.1. The Morgan fingerprint density at radius 2 is 2.17 bits per heavy atom. The first-order valence-electron chi connectivity index (χ1n) is 5.19. The number of aryl methyl sites for hydroxylation is 1. The van der Waals surface area contributed by atoms with Gasteiger partial charge in [0.1, 0.15) is 0 Å². The number of aliphatic carboxylic acids is 1. The number of aromatic nitrogens is 1. The fraction of sp³-hybridized carbons (Fsp3) is 0.0769. The number of carbonyl (C=O) groups is 1. The Kier molecular flexibility index (Phi) is 3.21. The molecule has 1 heterocycles. The van der Waals surface area contributed by atoms with Gasteiger partial charge in [0.05, 0.1) is 10.5 Å². The molecule has 1 aromatic carbocycles. The summed E-state index contributed by atoms with van der Waals surface area (Å²) in [5.74, 6) is -1.09. The van der Waals surface area contributed by atoms with Crippen LogP contribution in [-0.2, 0) is 11.8 Å². The van der Waals surface area contributed by atoms with E-state index in [1.54, 1.807) is 36.0 Å². The van der Waals surface area contributed by atoms with Crippen molar-refractivity contribution >= 4 is 34.5 Å². The lowest BCUT2D eigenvalue weighted by Crippen LogP contribution is -2.10. The first-order valence-corrected chi connectivity index (χ1v) is 5.57. The molecule has 0 aliphatic heterocycles. The molecule has 0 amide bonds. The van der Waals surface area contributed by atoms with Gasteiger partial charge >= 0.3 is 5.97 Å². The second-order valence-corrected chi connectivity index (χ2v) is 4.24. The molecule has 18 heavy (non-hydrogen) atoms. The summed E-state index contributed by atoms with van der Waals surface area (Å²) < 4.78 is 1.71. The maximum Gasteiger partial charge on any atom is 0.328 e. The van der Waals surface area contributed by atoms with Crippen LogP contribution in [0.25, 0.3) is 17.0 Å². The van der Waals surface area contributed by atoms with E-state index in [-0.39, 0.29) is 5.43 Å². The van der Waals surface area contributed by atoms with Crippen LogP contribution in [0.2, 0.25) is 5.02 Å². The standard InChI is InChI=1S/C13H10ClNO3/c1-15-7-8(5-6-11(16)17)13(18)9-3-2-4-10(14)12(9)15/h2-7H,1H3,(H,16,17). The minimum absolute atomic E-state index is 0.233. The minimum atomic E-state index is -1.09. The highest BCUT2D eigenvalue weighted by Crippen LogP contribution is 2.20. The Morgan fingerprint density at radius 1 is 1.44 bits per heavy atom. The number of halogens is 1. The number of fused-ring (bicyclic) bond motifs is 1. The Labute approximate surface area is 108 Å². The van der Waals surface area contributed by atoms with Crippen LogP contribution in [0.4, 0.5) is 0 Å². The monoisotopic (exact) mass is 263 g/mol. The zero-order chi connectivity index (χ0) is 13.3. The summed E-state index contributed by atoms with van der Waals surface area (Å²) in [6.07, 6.45) is 3.79. The smallest absolute Gasteiger partial charge is 0.328 e. The predicted octanol–water partition coefficient (Wildman–Crippen LogP) is 2.29. The van der Waals surface area contributed by atoms with Gasteiger partial charge in [-0.1, -0.05) is 17.7 Å². The van der Waals surface area contributed by atoms with Crippen LogP contribution >= 0.6 is 11.6 Å². The van der Waals surface area contributed by atoms with Gasteiger partial charge in [-0.2, -0.15) is 0 Å². The van der Waals surface area contributed by atoms with Crippen molar-refractivity contribution in [3.05, 3.63) is 51.3 Å². The van der Waals surface area contributed by atoms with Gasteiger partial charge in [0.2, 0.25) is 0 Å². The lowest BCUT2D eigenvalue weighted by molar-refractivity contribution is -0.131. The molecule has 0 saturated carbocycles. The molecule has 0 aliphatic rings. The number of hydrogen-bond donors (Lipinski definition) is 1. The number of rotatable bonds is 2. The van der Waals surface area contributed by atoms with E-state index in [9.17, 15) is 9.59 Å². The van der Waals surface area contributed by atoms with Gasteiger partial charge in [-0.25, -0.2) is 4.79 Å². The first kappa shape index (κ1) is 12.4. The van der Waals surface area contributed by atoms with Gasteiger partial charge < -0.3 is 9.67 Å². The van der Waals surface area contributed by atoms with E-state index >= 15 is 0 Å². The molecule has 1 aromatic heterocycles. The Hall–Kier alpha value is -2.07. The highest BCUT2D eigenvalue weighted by atomic mass is 35.5. The van der Waals surface area contributed by atoms with Gasteiger partial charge in [-0.15, -0.1) is 0 Å². The van der Waals surface area contributed by atoms with Crippen molar-refractivity contribution in [3.63, 3.8) is 0 Å². The SMILES string of the molecule is Cn1cc(C=CC(=O)O)c(=O)c2cccc(Cl)c21. The van der Waals surface area contributed by atoms with Crippen molar-refractivity contribution in [2.75, 3.05) is 0 Å². The van der Waals surface area contributed by atoms with Crippen LogP contribution in [0, 0.1) is 0 Å². The van der Waals surface area contributed by atoms with Crippen molar-refractivity contribution in [1.82, 2.24) is 4.57 Å². The van der Waals surface area contributed by atoms with Crippen molar-refractivity contribution in [1.29, 1.82) is 0 Å². The molecule has 0 atom stereocenters. The van der Waals surface area contributed by atoms with Crippen LogP contribution in [0.5, 0.6) is 0 Å². The average molecular weight is 264 g/mol. The van der Waals surface area contributed by atoms with Gasteiger partial charge in [0.15, 0.2) is 5.43 Å². The Balaban J connectivity index is 2.78. The minimum Gasteiger partial charge on any atom is -0.478 e. The maximum absolute atomic E-state index is 12.1. The molecule has 0 saturated heterocycles. The number of para-hydroxylation sites is 1. The summed E-state index contributed by atoms with van der Waals surface area (Å²) >= 11 is 6.04. The predicted molar refractivity (Wildman–Crippen MR) is 70.9 cm³/mol. The third-order valence-electron chi connectivity index (χ3n) is 2.58. The summed E-state index contributed by atoms with van der Waals surface area (Å²) in [5.41, 5.74) is 0.717. The van der Waals surface area contributed by atoms with Crippen LogP contribution in [0.1, 0.15) is 5.56 Å². The van der Waals surface area contributed by atoms with Gasteiger partial charge in [0, 0.05) is 30.3 Å². The number of hydrogen-bond acceptors (Lipinski definition) is 2. The quantitative estimate of drug-likeness (QED) is 0.846. The van der Waals surface area contributed by atoms with Crippen LogP contribution in [0.3, 0.4) is 0 Å². The van der Waals surface area contributed by atoms with Crippen molar-refractivity contribution < 1.29 is 9.90 Å². The first-order chi connectivity index (χ1) is 8.50. The summed E-state index contributed by atoms with van der Waals surface area (Å²) in [5, 5.41) is 9.53. The normalized spacial score (nSPS) is 11.2. The Bertz CT molecular complexity index is 716. The molecule has 92 valence electrons. The third kappa shape index (κ3) is 2.15. The summed E-state index contributed by atoms with van der Waals surface area (Å²) in [6.45, 7) is 0. The molecule has 2 aromatic rings. The highest BCUT2D eigenvalue weighted by Gasteiger charge is 2.08. The average Bonchev–Trinajstić information content (AvgIpc) is 2.31. The fourth-order valence-electron chi connectivity index (χ4n) is 1.82. The lowest BCUT2D eigenvalue weighted by Gasteiger charge is -2.08. The van der Waals surface area contributed by atoms with Gasteiger partial charge in [-0.05, 0) is 18.2 Å². The molecule has 0 unspecified atom stereocenters. The summed E-state index contributed by atoms with van der Waals surface area (Å²) in [7, 11) is 1.76. The highest BCUT2D eigenvalue weighted by molar-refractivity contribution is 6.35. The second kappa shape index (κ2) is 4.66. The molecule has 4 nitrogen and oxygen atoms in total. The van der Waals surface area contributed by atoms with Crippen molar-refractivity contribution in [2.45, 2.75) is 0 Å². The number of carboxylic acid groups (broad SMARTS) is 1. The number of pyridine rings is 1. The van der Waals surface area contributed by atoms with E-state index in [0.29, 0.717) is 21.5 Å². The largest absolute Gasteiger partial charge is 0.478 e.